The molecule has 5 nitrogen and oxygen atoms in total. The maximum atomic E-state index is 11.7. The Morgan fingerprint density at radius 3 is 2.38 bits per heavy atom. The van der Waals surface area contributed by atoms with Crippen molar-refractivity contribution in [2.75, 3.05) is 27.4 Å². The molecule has 0 aromatic heterocycles. The molecule has 13 unspecified atom stereocenters. The van der Waals surface area contributed by atoms with Gasteiger partial charge in [-0.3, -0.25) is 4.79 Å². The van der Waals surface area contributed by atoms with Crippen molar-refractivity contribution in [1.29, 1.82) is 0 Å². The number of benzene rings is 1. The van der Waals surface area contributed by atoms with E-state index in [1.165, 1.54) is 101 Å². The van der Waals surface area contributed by atoms with Crippen LogP contribution in [-0.2, 0) is 19.1 Å². The molecule has 8 aliphatic rings. The Balaban J connectivity index is 0.000000191. The summed E-state index contributed by atoms with van der Waals surface area (Å²) < 4.78 is 16.6. The van der Waals surface area contributed by atoms with Crippen LogP contribution >= 0.6 is 0 Å². The van der Waals surface area contributed by atoms with E-state index in [-0.39, 0.29) is 0 Å². The Kier molecular flexibility index (Phi) is 15.3. The lowest BCUT2D eigenvalue weighted by molar-refractivity contribution is -0.137. The molecule has 0 spiro atoms. The summed E-state index contributed by atoms with van der Waals surface area (Å²) in [6.45, 7) is 13.1. The fourth-order valence-electron chi connectivity index (χ4n) is 15.5. The smallest absolute Gasteiger partial charge is 0.156 e. The number of hydrogen-bond acceptors (Lipinski definition) is 5. The molecule has 6 fully saturated rings. The molecule has 0 N–H and O–H groups in total. The number of carbonyl (C=O) groups is 2. The maximum absolute atomic E-state index is 11.7. The lowest BCUT2D eigenvalue weighted by atomic mass is 9.44. The molecule has 330 valence electrons. The number of aryl methyl sites for hydroxylation is 1. The van der Waals surface area contributed by atoms with Gasteiger partial charge < -0.3 is 19.0 Å². The van der Waals surface area contributed by atoms with Gasteiger partial charge in [-0.05, 0) is 216 Å². The predicted molar refractivity (Wildman–Crippen MR) is 243 cm³/mol. The van der Waals surface area contributed by atoms with E-state index < -0.39 is 0 Å². The zero-order valence-corrected chi connectivity index (χ0v) is 38.7. The molecule has 1 aromatic carbocycles. The highest BCUT2D eigenvalue weighted by Crippen LogP contribution is 2.68. The summed E-state index contributed by atoms with van der Waals surface area (Å²) in [5.74, 6) is 16.2. The standard InChI is InChI=1S/C33H50O3.C20H24O.C2H6O/c1-23(9-7-19-34)28-13-14-29-27-12-11-25-22-26(35-20-21-36-31-10-6-5-8-24(31)2)15-17-32(25,3)30(27)16-18-33(28,29)4;1-2-3-13-4-7-18-16(13)10-11-19-17-9-6-15(21)12-14(17)5-8-20(18)19;1-3-2/h5-6,8,10,19,23,25-30H,7,9,11-18,20-22H2,1-4H3;12-13,16,18,20H,4-11H2,1H3;1-2H3. The molecule has 0 aliphatic heterocycles. The molecule has 1 aromatic rings. The highest BCUT2D eigenvalue weighted by Gasteiger charge is 2.60. The van der Waals surface area contributed by atoms with Crippen LogP contribution in [0.25, 0.3) is 0 Å². The lowest BCUT2D eigenvalue weighted by Crippen LogP contribution is -2.54. The van der Waals surface area contributed by atoms with E-state index in [1.54, 1.807) is 25.4 Å². The van der Waals surface area contributed by atoms with E-state index in [0.717, 1.165) is 91.5 Å². The van der Waals surface area contributed by atoms with Crippen LogP contribution in [0, 0.1) is 88.8 Å². The molecule has 6 saturated carbocycles. The van der Waals surface area contributed by atoms with Crippen LogP contribution in [0.5, 0.6) is 5.75 Å². The lowest BCUT2D eigenvalue weighted by Gasteiger charge is -2.61. The minimum atomic E-state index is 0.348. The molecule has 9 rings (SSSR count). The van der Waals surface area contributed by atoms with Gasteiger partial charge in [-0.1, -0.05) is 50.5 Å². The Morgan fingerprint density at radius 2 is 1.60 bits per heavy atom. The summed E-state index contributed by atoms with van der Waals surface area (Å²) in [6, 6.07) is 8.24. The van der Waals surface area contributed by atoms with Gasteiger partial charge in [0.2, 0.25) is 0 Å². The molecular weight excluding hydrogens is 741 g/mol. The second kappa shape index (κ2) is 20.2. The van der Waals surface area contributed by atoms with Gasteiger partial charge >= 0.3 is 0 Å². The second-order valence-electron chi connectivity index (χ2n) is 21.1. The first-order valence-corrected chi connectivity index (χ1v) is 24.6. The minimum Gasteiger partial charge on any atom is -0.491 e. The molecule has 0 amide bonds. The number of methoxy groups -OCH3 is 1. The van der Waals surface area contributed by atoms with E-state index in [0.29, 0.717) is 47.8 Å². The van der Waals surface area contributed by atoms with E-state index in [9.17, 15) is 9.59 Å². The minimum absolute atomic E-state index is 0.348. The Bertz CT molecular complexity index is 1760. The van der Waals surface area contributed by atoms with Gasteiger partial charge in [-0.15, -0.1) is 5.92 Å². The van der Waals surface area contributed by atoms with Gasteiger partial charge in [-0.2, -0.15) is 0 Å². The number of para-hydroxylation sites is 1. The van der Waals surface area contributed by atoms with Gasteiger partial charge in [0.15, 0.2) is 5.78 Å². The summed E-state index contributed by atoms with van der Waals surface area (Å²) in [6.07, 6.45) is 27.1. The van der Waals surface area contributed by atoms with Crippen molar-refractivity contribution in [3.63, 3.8) is 0 Å². The summed E-state index contributed by atoms with van der Waals surface area (Å²) in [5, 5.41) is 0. The van der Waals surface area contributed by atoms with Gasteiger partial charge in [-0.25, -0.2) is 0 Å². The third-order valence-electron chi connectivity index (χ3n) is 18.3. The van der Waals surface area contributed by atoms with Crippen LogP contribution in [0.15, 0.2) is 47.1 Å². The fourth-order valence-corrected chi connectivity index (χ4v) is 15.5. The van der Waals surface area contributed by atoms with Crippen molar-refractivity contribution < 1.29 is 23.8 Å². The number of allylic oxidation sites excluding steroid dienone is 4. The number of ether oxygens (including phenoxy) is 3. The SMILES string of the molecule is CC#CC1CCC2C3CCC4=CC(=O)CCC4=C3CCC12.COC.Cc1ccccc1OCCOC1CCC2(C)C(CCC3C2CCC2(C)C(C(C)CCC=O)CCC32)C1. The van der Waals surface area contributed by atoms with Crippen LogP contribution in [0.4, 0.5) is 0 Å². The van der Waals surface area contributed by atoms with Crippen molar-refractivity contribution in [1.82, 2.24) is 0 Å². The zero-order chi connectivity index (χ0) is 42.4. The number of hydrogen-bond donors (Lipinski definition) is 0. The van der Waals surface area contributed by atoms with Crippen LogP contribution in [-0.4, -0.2) is 45.6 Å². The molecule has 0 heterocycles. The molecule has 0 bridgehead atoms. The predicted octanol–water partition coefficient (Wildman–Crippen LogP) is 12.7. The molecule has 0 saturated heterocycles. The highest BCUT2D eigenvalue weighted by atomic mass is 16.5. The normalized spacial score (nSPS) is 37.9. The van der Waals surface area contributed by atoms with Crippen molar-refractivity contribution in [3.05, 3.63) is 52.6 Å². The first-order valence-electron chi connectivity index (χ1n) is 24.6. The number of ketones is 1. The average molecular weight is 821 g/mol. The largest absolute Gasteiger partial charge is 0.491 e. The van der Waals surface area contributed by atoms with Crippen molar-refractivity contribution in [2.45, 2.75) is 163 Å². The van der Waals surface area contributed by atoms with E-state index in [4.69, 9.17) is 9.47 Å². The summed E-state index contributed by atoms with van der Waals surface area (Å²) >= 11 is 0. The Labute approximate surface area is 365 Å². The van der Waals surface area contributed by atoms with Gasteiger partial charge in [0, 0.05) is 33.0 Å². The number of fused-ring (bicyclic) bond motifs is 9. The molecule has 60 heavy (non-hydrogen) atoms. The second-order valence-corrected chi connectivity index (χ2v) is 21.1. The molecule has 5 heteroatoms. The molecule has 8 aliphatic carbocycles. The summed E-state index contributed by atoms with van der Waals surface area (Å²) in [5.41, 5.74) is 6.92. The Hall–Kier alpha value is -2.68. The number of carbonyl (C=O) groups excluding carboxylic acids is 2. The Morgan fingerprint density at radius 1 is 0.833 bits per heavy atom. The third-order valence-corrected chi connectivity index (χ3v) is 18.3. The van der Waals surface area contributed by atoms with Crippen LogP contribution in [0.1, 0.15) is 155 Å². The van der Waals surface area contributed by atoms with Crippen LogP contribution in [0.3, 0.4) is 0 Å². The van der Waals surface area contributed by atoms with E-state index in [1.807, 2.05) is 25.1 Å². The first-order chi connectivity index (χ1) is 29.1. The monoisotopic (exact) mass is 821 g/mol. The van der Waals surface area contributed by atoms with Crippen LogP contribution in [0.2, 0.25) is 0 Å². The van der Waals surface area contributed by atoms with Crippen molar-refractivity contribution in [3.8, 4) is 17.6 Å². The topological polar surface area (TPSA) is 61.8 Å². The van der Waals surface area contributed by atoms with E-state index >= 15 is 0 Å². The third kappa shape index (κ3) is 9.32. The van der Waals surface area contributed by atoms with Crippen LogP contribution < -0.4 is 4.74 Å². The van der Waals surface area contributed by atoms with Gasteiger partial charge in [0.1, 0.15) is 18.6 Å². The maximum Gasteiger partial charge on any atom is 0.156 e. The summed E-state index contributed by atoms with van der Waals surface area (Å²) in [4.78, 5) is 22.7. The number of rotatable bonds is 9. The average Bonchev–Trinajstić information content (AvgIpc) is 3.83. The first kappa shape index (κ1) is 45.3. The van der Waals surface area contributed by atoms with Crippen molar-refractivity contribution in [2.24, 2.45) is 70.0 Å². The zero-order valence-electron chi connectivity index (χ0n) is 38.7. The molecular formula is C55H80O5. The van der Waals surface area contributed by atoms with Gasteiger partial charge in [0.25, 0.3) is 0 Å². The molecule has 13 atom stereocenters. The van der Waals surface area contributed by atoms with Gasteiger partial charge in [0.05, 0.1) is 12.7 Å². The fraction of sp³-hybridized carbons (Fsp3) is 0.745. The molecule has 0 radical (unpaired) electrons. The quantitative estimate of drug-likeness (QED) is 0.141. The highest BCUT2D eigenvalue weighted by molar-refractivity contribution is 5.93. The summed E-state index contributed by atoms with van der Waals surface area (Å²) in [7, 11) is 3.25. The number of aldehydes is 1. The van der Waals surface area contributed by atoms with E-state index in [2.05, 4.69) is 56.4 Å². The van der Waals surface area contributed by atoms with Crippen molar-refractivity contribution >= 4 is 12.1 Å².